The van der Waals surface area contributed by atoms with Gasteiger partial charge in [-0.1, -0.05) is 20.8 Å². The molecule has 0 aliphatic carbocycles. The van der Waals surface area contributed by atoms with Crippen LogP contribution in [-0.4, -0.2) is 32.3 Å². The molecule has 13 heavy (non-hydrogen) atoms. The summed E-state index contributed by atoms with van der Waals surface area (Å²) in [4.78, 5) is 0. The fraction of sp³-hybridized carbons (Fsp3) is 1.00. The normalized spacial score (nSPS) is 13.6. The summed E-state index contributed by atoms with van der Waals surface area (Å²) >= 11 is 5.62. The van der Waals surface area contributed by atoms with Crippen molar-refractivity contribution in [2.75, 3.05) is 32.3 Å². The van der Waals surface area contributed by atoms with Crippen molar-refractivity contribution in [1.29, 1.82) is 0 Å². The summed E-state index contributed by atoms with van der Waals surface area (Å²) in [5.41, 5.74) is 0. The van der Waals surface area contributed by atoms with E-state index in [1.807, 2.05) is 0 Å². The van der Waals surface area contributed by atoms with E-state index in [9.17, 15) is 0 Å². The molecule has 0 radical (unpaired) electrons. The van der Waals surface area contributed by atoms with Crippen LogP contribution in [0.15, 0.2) is 0 Å². The zero-order valence-electron chi connectivity index (χ0n) is 8.88. The number of halogens is 1. The average molecular weight is 209 g/mol. The van der Waals surface area contributed by atoms with Crippen LogP contribution in [0.2, 0.25) is 0 Å². The second kappa shape index (κ2) is 8.79. The molecule has 1 atom stereocenters. The van der Waals surface area contributed by atoms with E-state index in [-0.39, 0.29) is 0 Å². The number of rotatable bonds is 8. The van der Waals surface area contributed by atoms with E-state index in [2.05, 4.69) is 20.8 Å². The lowest BCUT2D eigenvalue weighted by atomic mass is 10.2. The molecule has 0 saturated heterocycles. The van der Waals surface area contributed by atoms with Gasteiger partial charge in [0.05, 0.1) is 19.8 Å². The van der Waals surface area contributed by atoms with Crippen molar-refractivity contribution >= 4 is 11.6 Å². The third-order valence-electron chi connectivity index (χ3n) is 1.49. The molecule has 0 N–H and O–H groups in total. The lowest BCUT2D eigenvalue weighted by Crippen LogP contribution is -2.12. The highest BCUT2D eigenvalue weighted by Crippen LogP contribution is 1.98. The zero-order chi connectivity index (χ0) is 10.1. The molecule has 0 fully saturated rings. The quantitative estimate of drug-likeness (QED) is 0.451. The lowest BCUT2D eigenvalue weighted by molar-refractivity contribution is 0.0295. The molecule has 0 heterocycles. The van der Waals surface area contributed by atoms with Gasteiger partial charge in [0.25, 0.3) is 0 Å². The molecule has 0 aliphatic rings. The molecule has 0 spiro atoms. The molecule has 0 aromatic heterocycles. The first-order valence-corrected chi connectivity index (χ1v) is 5.41. The molecule has 0 aromatic rings. The van der Waals surface area contributed by atoms with E-state index in [0.29, 0.717) is 30.9 Å². The van der Waals surface area contributed by atoms with E-state index >= 15 is 0 Å². The van der Waals surface area contributed by atoms with Crippen LogP contribution in [0.1, 0.15) is 20.8 Å². The Morgan fingerprint density at radius 2 is 1.54 bits per heavy atom. The van der Waals surface area contributed by atoms with Crippen molar-refractivity contribution in [3.05, 3.63) is 0 Å². The zero-order valence-corrected chi connectivity index (χ0v) is 9.64. The number of hydrogen-bond acceptors (Lipinski definition) is 2. The maximum Gasteiger partial charge on any atom is 0.0700 e. The highest BCUT2D eigenvalue weighted by Gasteiger charge is 1.99. The van der Waals surface area contributed by atoms with Gasteiger partial charge in [0.1, 0.15) is 0 Å². The molecule has 2 nitrogen and oxygen atoms in total. The van der Waals surface area contributed by atoms with Crippen LogP contribution >= 0.6 is 11.6 Å². The fourth-order valence-electron chi connectivity index (χ4n) is 0.766. The Labute approximate surface area is 86.6 Å². The van der Waals surface area contributed by atoms with E-state index in [1.54, 1.807) is 0 Å². The maximum absolute atomic E-state index is 5.62. The van der Waals surface area contributed by atoms with Gasteiger partial charge in [-0.25, -0.2) is 0 Å². The van der Waals surface area contributed by atoms with Gasteiger partial charge in [-0.3, -0.25) is 0 Å². The summed E-state index contributed by atoms with van der Waals surface area (Å²) < 4.78 is 10.7. The molecule has 3 heteroatoms. The monoisotopic (exact) mass is 208 g/mol. The summed E-state index contributed by atoms with van der Waals surface area (Å²) in [7, 11) is 0. The Morgan fingerprint density at radius 1 is 1.00 bits per heavy atom. The van der Waals surface area contributed by atoms with Crippen LogP contribution in [0.3, 0.4) is 0 Å². The van der Waals surface area contributed by atoms with Crippen LogP contribution < -0.4 is 0 Å². The van der Waals surface area contributed by atoms with E-state index in [0.717, 1.165) is 13.2 Å². The van der Waals surface area contributed by atoms with Gasteiger partial charge < -0.3 is 9.47 Å². The van der Waals surface area contributed by atoms with E-state index < -0.39 is 0 Å². The Bertz CT molecular complexity index is 107. The van der Waals surface area contributed by atoms with Crippen molar-refractivity contribution in [3.63, 3.8) is 0 Å². The summed E-state index contributed by atoms with van der Waals surface area (Å²) in [5, 5.41) is 0. The van der Waals surface area contributed by atoms with Crippen LogP contribution in [0.4, 0.5) is 0 Å². The third kappa shape index (κ3) is 10.1. The highest BCUT2D eigenvalue weighted by atomic mass is 35.5. The highest BCUT2D eigenvalue weighted by molar-refractivity contribution is 6.18. The second-order valence-electron chi connectivity index (χ2n) is 3.80. The molecule has 80 valence electrons. The second-order valence-corrected chi connectivity index (χ2v) is 4.11. The lowest BCUT2D eigenvalue weighted by Gasteiger charge is -2.09. The summed E-state index contributed by atoms with van der Waals surface area (Å²) in [5.74, 6) is 1.70. The number of alkyl halides is 1. The van der Waals surface area contributed by atoms with Crippen molar-refractivity contribution in [1.82, 2.24) is 0 Å². The van der Waals surface area contributed by atoms with Crippen LogP contribution in [-0.2, 0) is 9.47 Å². The topological polar surface area (TPSA) is 18.5 Å². The van der Waals surface area contributed by atoms with Crippen molar-refractivity contribution in [3.8, 4) is 0 Å². The van der Waals surface area contributed by atoms with Crippen LogP contribution in [0.5, 0.6) is 0 Å². The minimum absolute atomic E-state index is 0.437. The van der Waals surface area contributed by atoms with Gasteiger partial charge in [0.15, 0.2) is 0 Å². The summed E-state index contributed by atoms with van der Waals surface area (Å²) in [6.45, 7) is 9.25. The molecule has 0 aliphatic heterocycles. The molecule has 0 saturated carbocycles. The molecular weight excluding hydrogens is 188 g/mol. The Hall–Kier alpha value is 0.210. The first-order valence-electron chi connectivity index (χ1n) is 4.88. The number of ether oxygens (including phenoxy) is 2. The maximum atomic E-state index is 5.62. The molecule has 0 rings (SSSR count). The molecule has 0 amide bonds. The van der Waals surface area contributed by atoms with Crippen LogP contribution in [0.25, 0.3) is 0 Å². The van der Waals surface area contributed by atoms with Gasteiger partial charge in [-0.05, 0) is 11.8 Å². The van der Waals surface area contributed by atoms with Gasteiger partial charge in [-0.2, -0.15) is 0 Å². The molecule has 0 bridgehead atoms. The largest absolute Gasteiger partial charge is 0.379 e. The molecular formula is C10H21ClO2. The Balaban J connectivity index is 2.99. The van der Waals surface area contributed by atoms with Crippen molar-refractivity contribution in [2.45, 2.75) is 20.8 Å². The third-order valence-corrected chi connectivity index (χ3v) is 2.02. The molecule has 0 aromatic carbocycles. The Morgan fingerprint density at radius 3 is 2.00 bits per heavy atom. The summed E-state index contributed by atoms with van der Waals surface area (Å²) in [6, 6.07) is 0. The van der Waals surface area contributed by atoms with Gasteiger partial charge in [0, 0.05) is 12.5 Å². The number of hydrogen-bond donors (Lipinski definition) is 0. The fourth-order valence-corrected chi connectivity index (χ4v) is 0.855. The van der Waals surface area contributed by atoms with E-state index in [4.69, 9.17) is 21.1 Å². The van der Waals surface area contributed by atoms with Gasteiger partial charge >= 0.3 is 0 Å². The minimum Gasteiger partial charge on any atom is -0.379 e. The predicted octanol–water partition coefficient (Wildman–Crippen LogP) is 2.55. The predicted molar refractivity (Wildman–Crippen MR) is 56.4 cm³/mol. The standard InChI is InChI=1S/C10H21ClO2/c1-9(2)7-12-4-5-13-8-10(3)6-11/h9-10H,4-8H2,1-3H3. The van der Waals surface area contributed by atoms with Gasteiger partial charge in [0.2, 0.25) is 0 Å². The minimum atomic E-state index is 0.437. The molecule has 1 unspecified atom stereocenters. The first kappa shape index (κ1) is 13.2. The average Bonchev–Trinajstić information content (AvgIpc) is 2.10. The smallest absolute Gasteiger partial charge is 0.0700 e. The first-order chi connectivity index (χ1) is 6.16. The SMILES string of the molecule is CC(C)COCCOCC(C)CCl. The Kier molecular flexibility index (Phi) is 8.93. The summed E-state index contributed by atoms with van der Waals surface area (Å²) in [6.07, 6.45) is 0. The van der Waals surface area contributed by atoms with Crippen molar-refractivity contribution < 1.29 is 9.47 Å². The van der Waals surface area contributed by atoms with E-state index in [1.165, 1.54) is 0 Å². The van der Waals surface area contributed by atoms with Crippen LogP contribution in [0, 0.1) is 11.8 Å². The van der Waals surface area contributed by atoms with Crippen molar-refractivity contribution in [2.24, 2.45) is 11.8 Å². The van der Waals surface area contributed by atoms with Gasteiger partial charge in [-0.15, -0.1) is 11.6 Å².